The molecule has 5 heteroatoms. The number of phenolic OH excluding ortho intramolecular Hbond substituents is 1. The number of aryl methyl sites for hydroxylation is 1. The summed E-state index contributed by atoms with van der Waals surface area (Å²) in [5.74, 6) is -0.302. The molecule has 1 unspecified atom stereocenters. The highest BCUT2D eigenvalue weighted by Gasteiger charge is 2.13. The van der Waals surface area contributed by atoms with Gasteiger partial charge in [-0.15, -0.1) is 0 Å². The molecule has 0 heterocycles. The highest BCUT2D eigenvalue weighted by Crippen LogP contribution is 2.31. The molecule has 0 saturated carbocycles. The van der Waals surface area contributed by atoms with Gasteiger partial charge < -0.3 is 16.2 Å². The maximum absolute atomic E-state index is 11.2. The molecule has 4 nitrogen and oxygen atoms in total. The molecule has 0 aliphatic rings. The number of halogens is 1. The number of rotatable bonds is 4. The molecule has 1 amide bonds. The lowest BCUT2D eigenvalue weighted by Crippen LogP contribution is -2.12. The van der Waals surface area contributed by atoms with Crippen LogP contribution in [0, 0.1) is 6.92 Å². The first-order valence-corrected chi connectivity index (χ1v) is 6.91. The van der Waals surface area contributed by atoms with Crippen LogP contribution in [0.2, 0.25) is 5.02 Å². The first-order chi connectivity index (χ1) is 9.88. The third kappa shape index (κ3) is 3.47. The number of anilines is 1. The van der Waals surface area contributed by atoms with E-state index in [1.165, 1.54) is 0 Å². The summed E-state index contributed by atoms with van der Waals surface area (Å²) >= 11 is 6.13. The molecule has 0 aliphatic carbocycles. The number of nitrogens with two attached hydrogens (primary N) is 1. The van der Waals surface area contributed by atoms with Crippen LogP contribution in [0.1, 0.15) is 34.5 Å². The Morgan fingerprint density at radius 3 is 2.67 bits per heavy atom. The predicted octanol–water partition coefficient (Wildman–Crippen LogP) is 3.63. The molecule has 0 aromatic heterocycles. The number of amides is 1. The molecular formula is C16H17ClN2O2. The minimum atomic E-state index is -0.513. The summed E-state index contributed by atoms with van der Waals surface area (Å²) in [6, 6.07) is 10.0. The highest BCUT2D eigenvalue weighted by atomic mass is 35.5. The number of primary amides is 1. The van der Waals surface area contributed by atoms with Gasteiger partial charge in [-0.25, -0.2) is 0 Å². The van der Waals surface area contributed by atoms with Crippen molar-refractivity contribution in [2.24, 2.45) is 5.73 Å². The van der Waals surface area contributed by atoms with Crippen LogP contribution in [0.25, 0.3) is 0 Å². The minimum Gasteiger partial charge on any atom is -0.508 e. The maximum Gasteiger partial charge on any atom is 0.248 e. The van der Waals surface area contributed by atoms with Gasteiger partial charge in [0.05, 0.1) is 16.8 Å². The van der Waals surface area contributed by atoms with Gasteiger partial charge >= 0.3 is 0 Å². The zero-order valence-electron chi connectivity index (χ0n) is 11.9. The van der Waals surface area contributed by atoms with Crippen LogP contribution in [0.15, 0.2) is 36.4 Å². The number of carbonyl (C=O) groups is 1. The van der Waals surface area contributed by atoms with Crippen molar-refractivity contribution in [3.05, 3.63) is 58.1 Å². The van der Waals surface area contributed by atoms with Crippen molar-refractivity contribution < 1.29 is 9.90 Å². The maximum atomic E-state index is 11.2. The summed E-state index contributed by atoms with van der Waals surface area (Å²) in [4.78, 5) is 11.2. The number of nitrogens with one attached hydrogen (secondary N) is 1. The van der Waals surface area contributed by atoms with Crippen LogP contribution in [-0.2, 0) is 0 Å². The Kier molecular flexibility index (Phi) is 4.38. The van der Waals surface area contributed by atoms with E-state index in [0.29, 0.717) is 16.3 Å². The van der Waals surface area contributed by atoms with Gasteiger partial charge in [-0.1, -0.05) is 29.3 Å². The zero-order chi connectivity index (χ0) is 15.6. The molecule has 1 atom stereocenters. The van der Waals surface area contributed by atoms with Gasteiger partial charge in [-0.3, -0.25) is 4.79 Å². The molecular weight excluding hydrogens is 288 g/mol. The molecule has 2 aromatic rings. The molecule has 2 aromatic carbocycles. The van der Waals surface area contributed by atoms with Crippen LogP contribution < -0.4 is 11.1 Å². The van der Waals surface area contributed by atoms with Gasteiger partial charge in [0.25, 0.3) is 0 Å². The number of aromatic hydroxyl groups is 1. The Labute approximate surface area is 128 Å². The van der Waals surface area contributed by atoms with Crippen molar-refractivity contribution in [2.45, 2.75) is 19.9 Å². The van der Waals surface area contributed by atoms with Gasteiger partial charge in [0, 0.05) is 11.1 Å². The minimum absolute atomic E-state index is 0.175. The van der Waals surface area contributed by atoms with Gasteiger partial charge in [0.1, 0.15) is 5.75 Å². The Morgan fingerprint density at radius 2 is 2.00 bits per heavy atom. The second-order valence-corrected chi connectivity index (χ2v) is 5.39. The Morgan fingerprint density at radius 1 is 1.29 bits per heavy atom. The lowest BCUT2D eigenvalue weighted by Gasteiger charge is -2.18. The molecule has 0 aliphatic heterocycles. The highest BCUT2D eigenvalue weighted by molar-refractivity contribution is 6.33. The summed E-state index contributed by atoms with van der Waals surface area (Å²) in [6.07, 6.45) is 0. The first kappa shape index (κ1) is 15.2. The third-order valence-corrected chi connectivity index (χ3v) is 3.60. The molecule has 4 N–H and O–H groups in total. The van der Waals surface area contributed by atoms with E-state index in [0.717, 1.165) is 11.1 Å². The summed E-state index contributed by atoms with van der Waals surface area (Å²) in [7, 11) is 0. The van der Waals surface area contributed by atoms with E-state index in [1.807, 2.05) is 26.0 Å². The van der Waals surface area contributed by atoms with Gasteiger partial charge in [-0.05, 0) is 38.1 Å². The number of carbonyl (C=O) groups excluding carboxylic acids is 1. The fourth-order valence-corrected chi connectivity index (χ4v) is 2.29. The molecule has 0 saturated heterocycles. The fraction of sp³-hybridized carbons (Fsp3) is 0.188. The number of benzene rings is 2. The van der Waals surface area contributed by atoms with Crippen LogP contribution in [-0.4, -0.2) is 11.0 Å². The zero-order valence-corrected chi connectivity index (χ0v) is 12.6. The van der Waals surface area contributed by atoms with E-state index >= 15 is 0 Å². The SMILES string of the molecule is Cc1ccc(O)c(C(C)Nc2cc(C(N)=O)ccc2Cl)c1. The van der Waals surface area contributed by atoms with E-state index < -0.39 is 5.91 Å². The molecule has 21 heavy (non-hydrogen) atoms. The standard InChI is InChI=1S/C16H17ClN2O2/c1-9-3-6-15(20)12(7-9)10(2)19-14-8-11(16(18)21)4-5-13(14)17/h3-8,10,19-20H,1-2H3,(H2,18,21). The molecule has 2 rings (SSSR count). The summed E-state index contributed by atoms with van der Waals surface area (Å²) in [5, 5.41) is 13.6. The van der Waals surface area contributed by atoms with Gasteiger partial charge in [0.15, 0.2) is 0 Å². The quantitative estimate of drug-likeness (QED) is 0.807. The average Bonchev–Trinajstić information content (AvgIpc) is 2.43. The third-order valence-electron chi connectivity index (χ3n) is 3.27. The first-order valence-electron chi connectivity index (χ1n) is 6.54. The summed E-state index contributed by atoms with van der Waals surface area (Å²) < 4.78 is 0. The van der Waals surface area contributed by atoms with Crippen LogP contribution in [0.4, 0.5) is 5.69 Å². The molecule has 110 valence electrons. The van der Waals surface area contributed by atoms with Crippen LogP contribution in [0.5, 0.6) is 5.75 Å². The smallest absolute Gasteiger partial charge is 0.248 e. The monoisotopic (exact) mass is 304 g/mol. The Balaban J connectivity index is 2.31. The van der Waals surface area contributed by atoms with E-state index in [9.17, 15) is 9.90 Å². The van der Waals surface area contributed by atoms with E-state index in [1.54, 1.807) is 24.3 Å². The van der Waals surface area contributed by atoms with Crippen LogP contribution >= 0.6 is 11.6 Å². The normalized spacial score (nSPS) is 12.0. The van der Waals surface area contributed by atoms with Crippen molar-refractivity contribution in [2.75, 3.05) is 5.32 Å². The van der Waals surface area contributed by atoms with E-state index in [-0.39, 0.29) is 11.8 Å². The lowest BCUT2D eigenvalue weighted by atomic mass is 10.0. The summed E-state index contributed by atoms with van der Waals surface area (Å²) in [6.45, 7) is 3.86. The topological polar surface area (TPSA) is 75.3 Å². The number of hydrogen-bond acceptors (Lipinski definition) is 3. The van der Waals surface area contributed by atoms with Gasteiger partial charge in [0.2, 0.25) is 5.91 Å². The molecule has 0 spiro atoms. The van der Waals surface area contributed by atoms with Gasteiger partial charge in [-0.2, -0.15) is 0 Å². The van der Waals surface area contributed by atoms with Crippen molar-refractivity contribution in [1.82, 2.24) is 0 Å². The van der Waals surface area contributed by atoms with Crippen LogP contribution in [0.3, 0.4) is 0 Å². The van der Waals surface area contributed by atoms with Crippen molar-refractivity contribution in [3.8, 4) is 5.75 Å². The Hall–Kier alpha value is -2.20. The number of hydrogen-bond donors (Lipinski definition) is 3. The summed E-state index contributed by atoms with van der Waals surface area (Å²) in [5.41, 5.74) is 8.05. The van der Waals surface area contributed by atoms with Crippen molar-refractivity contribution in [1.29, 1.82) is 0 Å². The predicted molar refractivity (Wildman–Crippen MR) is 84.9 cm³/mol. The second-order valence-electron chi connectivity index (χ2n) is 4.99. The molecule has 0 radical (unpaired) electrons. The largest absolute Gasteiger partial charge is 0.508 e. The molecule has 0 bridgehead atoms. The fourth-order valence-electron chi connectivity index (χ4n) is 2.12. The Bertz CT molecular complexity index is 686. The van der Waals surface area contributed by atoms with Crippen molar-refractivity contribution in [3.63, 3.8) is 0 Å². The second kappa shape index (κ2) is 6.06. The van der Waals surface area contributed by atoms with E-state index in [2.05, 4.69) is 5.32 Å². The molecule has 0 fully saturated rings. The lowest BCUT2D eigenvalue weighted by molar-refractivity contribution is 0.100. The van der Waals surface area contributed by atoms with E-state index in [4.69, 9.17) is 17.3 Å². The number of phenols is 1. The van der Waals surface area contributed by atoms with Crippen molar-refractivity contribution >= 4 is 23.2 Å². The average molecular weight is 305 g/mol.